The van der Waals surface area contributed by atoms with Gasteiger partial charge in [-0.1, -0.05) is 0 Å². The Hall–Kier alpha value is -1.96. The maximum Gasteiger partial charge on any atom is 0.235 e. The fraction of sp³-hybridized carbons (Fsp3) is 0.250. The first-order valence-corrected chi connectivity index (χ1v) is 5.34. The topological polar surface area (TPSA) is 116 Å². The standard InChI is InChI=1S/C8H11N7S/c1-3-4(2)16-8(11-3)15-7-13-5(9)12-6(10)14-7/h1-2H3,(H5,9,10,11,12,13,14,15). The van der Waals surface area contributed by atoms with Crippen LogP contribution in [0.1, 0.15) is 10.6 Å². The highest BCUT2D eigenvalue weighted by atomic mass is 32.1. The Morgan fingerprint density at radius 1 is 1.00 bits per heavy atom. The second-order valence-electron chi connectivity index (χ2n) is 3.16. The normalized spacial score (nSPS) is 10.4. The van der Waals surface area contributed by atoms with Gasteiger partial charge in [0.2, 0.25) is 17.8 Å². The van der Waals surface area contributed by atoms with Crippen LogP contribution in [-0.2, 0) is 0 Å². The lowest BCUT2D eigenvalue weighted by atomic mass is 10.4. The van der Waals surface area contributed by atoms with Gasteiger partial charge in [-0.05, 0) is 13.8 Å². The fourth-order valence-corrected chi connectivity index (χ4v) is 1.90. The first-order valence-electron chi connectivity index (χ1n) is 4.52. The van der Waals surface area contributed by atoms with Crippen LogP contribution in [0.15, 0.2) is 0 Å². The van der Waals surface area contributed by atoms with Crippen LogP contribution in [-0.4, -0.2) is 19.9 Å². The highest BCUT2D eigenvalue weighted by molar-refractivity contribution is 7.15. The van der Waals surface area contributed by atoms with Gasteiger partial charge in [-0.15, -0.1) is 11.3 Å². The SMILES string of the molecule is Cc1nc(Nc2nc(N)nc(N)n2)sc1C. The third-order valence-electron chi connectivity index (χ3n) is 1.92. The van der Waals surface area contributed by atoms with Crippen molar-refractivity contribution >= 4 is 34.3 Å². The first kappa shape index (κ1) is 10.6. The van der Waals surface area contributed by atoms with Gasteiger partial charge in [0, 0.05) is 4.88 Å². The van der Waals surface area contributed by atoms with Gasteiger partial charge in [0.25, 0.3) is 0 Å². The average molecular weight is 237 g/mol. The minimum atomic E-state index is 0.0833. The van der Waals surface area contributed by atoms with E-state index in [1.807, 2.05) is 13.8 Å². The van der Waals surface area contributed by atoms with Gasteiger partial charge in [0.05, 0.1) is 5.69 Å². The molecule has 0 atom stereocenters. The molecule has 0 aliphatic carbocycles. The highest BCUT2D eigenvalue weighted by Crippen LogP contribution is 2.23. The lowest BCUT2D eigenvalue weighted by Gasteiger charge is -2.01. The van der Waals surface area contributed by atoms with Crippen LogP contribution in [0.4, 0.5) is 23.0 Å². The molecule has 0 aliphatic rings. The number of anilines is 4. The molecule has 84 valence electrons. The molecule has 0 aromatic carbocycles. The van der Waals surface area contributed by atoms with E-state index in [1.54, 1.807) is 0 Å². The highest BCUT2D eigenvalue weighted by Gasteiger charge is 2.06. The van der Waals surface area contributed by atoms with Gasteiger partial charge in [-0.25, -0.2) is 4.98 Å². The van der Waals surface area contributed by atoms with E-state index in [9.17, 15) is 0 Å². The lowest BCUT2D eigenvalue weighted by Crippen LogP contribution is -2.06. The maximum absolute atomic E-state index is 5.45. The summed E-state index contributed by atoms with van der Waals surface area (Å²) in [4.78, 5) is 16.9. The molecular weight excluding hydrogens is 226 g/mol. The number of hydrogen-bond donors (Lipinski definition) is 3. The second kappa shape index (κ2) is 3.89. The van der Waals surface area contributed by atoms with Crippen molar-refractivity contribution in [1.29, 1.82) is 0 Å². The number of nitrogens with one attached hydrogen (secondary N) is 1. The molecule has 0 unspecified atom stereocenters. The fourth-order valence-electron chi connectivity index (χ4n) is 1.09. The molecular formula is C8H11N7S. The van der Waals surface area contributed by atoms with Gasteiger partial charge < -0.3 is 11.5 Å². The van der Waals surface area contributed by atoms with Gasteiger partial charge in [0.1, 0.15) is 0 Å². The summed E-state index contributed by atoms with van der Waals surface area (Å²) >= 11 is 1.52. The quantitative estimate of drug-likeness (QED) is 0.709. The zero-order valence-electron chi connectivity index (χ0n) is 8.85. The van der Waals surface area contributed by atoms with E-state index < -0.39 is 0 Å². The minimum Gasteiger partial charge on any atom is -0.368 e. The number of aryl methyl sites for hydroxylation is 2. The molecule has 5 N–H and O–H groups in total. The number of aromatic nitrogens is 4. The molecule has 7 nitrogen and oxygen atoms in total. The monoisotopic (exact) mass is 237 g/mol. The third-order valence-corrected chi connectivity index (χ3v) is 2.91. The summed E-state index contributed by atoms with van der Waals surface area (Å²) in [6.45, 7) is 3.93. The number of rotatable bonds is 2. The number of nitrogens with two attached hydrogens (primary N) is 2. The molecule has 2 heterocycles. The number of nitrogens with zero attached hydrogens (tertiary/aromatic N) is 4. The largest absolute Gasteiger partial charge is 0.368 e. The molecule has 2 rings (SSSR count). The van der Waals surface area contributed by atoms with Crippen LogP contribution in [0, 0.1) is 13.8 Å². The molecule has 2 aromatic heterocycles. The zero-order chi connectivity index (χ0) is 11.7. The summed E-state index contributed by atoms with van der Waals surface area (Å²) in [5.41, 5.74) is 11.9. The van der Waals surface area contributed by atoms with Gasteiger partial charge >= 0.3 is 0 Å². The number of thiazole rings is 1. The van der Waals surface area contributed by atoms with Crippen LogP contribution in [0.2, 0.25) is 0 Å². The molecule has 0 fully saturated rings. The van der Waals surface area contributed by atoms with Crippen molar-refractivity contribution in [1.82, 2.24) is 19.9 Å². The van der Waals surface area contributed by atoms with Crippen molar-refractivity contribution in [2.75, 3.05) is 16.8 Å². The van der Waals surface area contributed by atoms with Gasteiger partial charge in [-0.3, -0.25) is 5.32 Å². The van der Waals surface area contributed by atoms with Crippen molar-refractivity contribution in [3.05, 3.63) is 10.6 Å². The van der Waals surface area contributed by atoms with E-state index in [2.05, 4.69) is 25.3 Å². The van der Waals surface area contributed by atoms with E-state index in [4.69, 9.17) is 11.5 Å². The van der Waals surface area contributed by atoms with E-state index in [-0.39, 0.29) is 11.9 Å². The molecule has 0 aliphatic heterocycles. The van der Waals surface area contributed by atoms with Crippen LogP contribution < -0.4 is 16.8 Å². The first-order chi connectivity index (χ1) is 7.54. The molecule has 0 radical (unpaired) electrons. The summed E-state index contributed by atoms with van der Waals surface area (Å²) in [5.74, 6) is 0.471. The van der Waals surface area contributed by atoms with Gasteiger partial charge in [-0.2, -0.15) is 15.0 Å². The summed E-state index contributed by atoms with van der Waals surface area (Å²) in [6, 6.07) is 0. The van der Waals surface area contributed by atoms with Crippen LogP contribution in [0.5, 0.6) is 0 Å². The van der Waals surface area contributed by atoms with E-state index in [0.29, 0.717) is 11.1 Å². The molecule has 8 heteroatoms. The smallest absolute Gasteiger partial charge is 0.235 e. The lowest BCUT2D eigenvalue weighted by molar-refractivity contribution is 1.08. The minimum absolute atomic E-state index is 0.0833. The Bertz CT molecular complexity index is 481. The molecule has 0 amide bonds. The Morgan fingerprint density at radius 2 is 1.62 bits per heavy atom. The van der Waals surface area contributed by atoms with Crippen LogP contribution in [0.25, 0.3) is 0 Å². The molecule has 0 bridgehead atoms. The summed E-state index contributed by atoms with van der Waals surface area (Å²) in [6.07, 6.45) is 0. The predicted octanol–water partition coefficient (Wildman–Crippen LogP) is 0.853. The summed E-state index contributed by atoms with van der Waals surface area (Å²) in [7, 11) is 0. The van der Waals surface area contributed by atoms with Gasteiger partial charge in [0.15, 0.2) is 5.13 Å². The summed E-state index contributed by atoms with van der Waals surface area (Å²) < 4.78 is 0. The Morgan fingerprint density at radius 3 is 2.12 bits per heavy atom. The predicted molar refractivity (Wildman–Crippen MR) is 63.5 cm³/mol. The molecule has 0 saturated carbocycles. The van der Waals surface area contributed by atoms with Crippen molar-refractivity contribution in [3.63, 3.8) is 0 Å². The molecule has 0 saturated heterocycles. The van der Waals surface area contributed by atoms with Crippen molar-refractivity contribution in [2.45, 2.75) is 13.8 Å². The maximum atomic E-state index is 5.45. The average Bonchev–Trinajstić information content (AvgIpc) is 2.43. The van der Waals surface area contributed by atoms with Crippen molar-refractivity contribution in [3.8, 4) is 0 Å². The molecule has 2 aromatic rings. The van der Waals surface area contributed by atoms with E-state index >= 15 is 0 Å². The van der Waals surface area contributed by atoms with Crippen molar-refractivity contribution in [2.24, 2.45) is 0 Å². The van der Waals surface area contributed by atoms with Crippen molar-refractivity contribution < 1.29 is 0 Å². The van der Waals surface area contributed by atoms with Crippen LogP contribution >= 0.6 is 11.3 Å². The summed E-state index contributed by atoms with van der Waals surface area (Å²) in [5, 5.41) is 3.64. The molecule has 16 heavy (non-hydrogen) atoms. The van der Waals surface area contributed by atoms with E-state index in [1.165, 1.54) is 11.3 Å². The van der Waals surface area contributed by atoms with E-state index in [0.717, 1.165) is 10.6 Å². The Kier molecular flexibility index (Phi) is 2.57. The second-order valence-corrected chi connectivity index (χ2v) is 4.36. The number of hydrogen-bond acceptors (Lipinski definition) is 8. The Labute approximate surface area is 96.0 Å². The van der Waals surface area contributed by atoms with Crippen LogP contribution in [0.3, 0.4) is 0 Å². The number of nitrogen functional groups attached to an aromatic ring is 2. The molecule has 0 spiro atoms. The zero-order valence-corrected chi connectivity index (χ0v) is 9.67. The Balaban J connectivity index is 2.26. The third kappa shape index (κ3) is 2.16.